The maximum absolute atomic E-state index is 13.0. The molecule has 46 heavy (non-hydrogen) atoms. The molecule has 0 radical (unpaired) electrons. The first kappa shape index (κ1) is 37.7. The number of rotatable bonds is 15. The SMILES string of the molecule is CC(C)(C)OC(=O)N[C@@H](Cc1ccc(O)cc1)C(=O)NCCCCCCNC(=O)[C@H](Cc1ccc(O)cc1)NC(=O)OC(C)(C)C. The van der Waals surface area contributed by atoms with Crippen molar-refractivity contribution in [2.24, 2.45) is 0 Å². The lowest BCUT2D eigenvalue weighted by molar-refractivity contribution is -0.123. The number of alkyl carbamates (subject to hydrolysis) is 2. The molecule has 12 heteroatoms. The van der Waals surface area contributed by atoms with Crippen molar-refractivity contribution in [3.8, 4) is 11.5 Å². The number of benzene rings is 2. The third kappa shape index (κ3) is 16.0. The number of aromatic hydroxyl groups is 2. The minimum absolute atomic E-state index is 0.107. The fourth-order valence-corrected chi connectivity index (χ4v) is 4.33. The Morgan fingerprint density at radius 3 is 1.22 bits per heavy atom. The summed E-state index contributed by atoms with van der Waals surface area (Å²) in [5.74, 6) is -0.474. The van der Waals surface area contributed by atoms with Gasteiger partial charge in [0.15, 0.2) is 0 Å². The fraction of sp³-hybridized carbons (Fsp3) is 0.529. The van der Waals surface area contributed by atoms with Crippen LogP contribution in [0.15, 0.2) is 48.5 Å². The Balaban J connectivity index is 1.79. The van der Waals surface area contributed by atoms with Crippen LogP contribution in [0, 0.1) is 0 Å². The van der Waals surface area contributed by atoms with Gasteiger partial charge in [0.2, 0.25) is 11.8 Å². The number of nitrogens with one attached hydrogen (secondary N) is 4. The summed E-state index contributed by atoms with van der Waals surface area (Å²) in [7, 11) is 0. The van der Waals surface area contributed by atoms with E-state index in [1.54, 1.807) is 65.8 Å². The van der Waals surface area contributed by atoms with E-state index in [1.165, 1.54) is 24.3 Å². The van der Waals surface area contributed by atoms with Gasteiger partial charge in [-0.3, -0.25) is 9.59 Å². The van der Waals surface area contributed by atoms with Gasteiger partial charge in [-0.25, -0.2) is 9.59 Å². The summed E-state index contributed by atoms with van der Waals surface area (Å²) in [6.45, 7) is 11.3. The summed E-state index contributed by atoms with van der Waals surface area (Å²) < 4.78 is 10.6. The highest BCUT2D eigenvalue weighted by molar-refractivity contribution is 5.86. The summed E-state index contributed by atoms with van der Waals surface area (Å²) >= 11 is 0. The van der Waals surface area contributed by atoms with Crippen molar-refractivity contribution in [1.29, 1.82) is 0 Å². The summed E-state index contributed by atoms with van der Waals surface area (Å²) in [5, 5.41) is 30.1. The molecule has 0 aliphatic carbocycles. The predicted molar refractivity (Wildman–Crippen MR) is 174 cm³/mol. The summed E-state index contributed by atoms with van der Waals surface area (Å²) in [4.78, 5) is 50.7. The molecule has 0 aromatic heterocycles. The van der Waals surface area contributed by atoms with Crippen LogP contribution in [0.25, 0.3) is 0 Å². The van der Waals surface area contributed by atoms with E-state index in [4.69, 9.17) is 9.47 Å². The van der Waals surface area contributed by atoms with Crippen molar-refractivity contribution in [2.75, 3.05) is 13.1 Å². The van der Waals surface area contributed by atoms with Gasteiger partial charge in [-0.2, -0.15) is 0 Å². The fourth-order valence-electron chi connectivity index (χ4n) is 4.33. The van der Waals surface area contributed by atoms with Crippen LogP contribution in [0.3, 0.4) is 0 Å². The lowest BCUT2D eigenvalue weighted by atomic mass is 10.0. The van der Waals surface area contributed by atoms with E-state index in [1.807, 2.05) is 0 Å². The van der Waals surface area contributed by atoms with Crippen molar-refractivity contribution in [1.82, 2.24) is 21.3 Å². The molecule has 0 aliphatic rings. The highest BCUT2D eigenvalue weighted by atomic mass is 16.6. The van der Waals surface area contributed by atoms with Crippen molar-refractivity contribution in [3.05, 3.63) is 59.7 Å². The molecule has 2 rings (SSSR count). The van der Waals surface area contributed by atoms with Crippen LogP contribution in [0.5, 0.6) is 11.5 Å². The van der Waals surface area contributed by atoms with Gasteiger partial charge in [0, 0.05) is 25.9 Å². The maximum atomic E-state index is 13.0. The molecule has 6 N–H and O–H groups in total. The highest BCUT2D eigenvalue weighted by Gasteiger charge is 2.26. The molecule has 0 aliphatic heterocycles. The van der Waals surface area contributed by atoms with Crippen LogP contribution in [0.1, 0.15) is 78.4 Å². The van der Waals surface area contributed by atoms with Gasteiger partial charge in [-0.15, -0.1) is 0 Å². The molecule has 0 unspecified atom stereocenters. The predicted octanol–water partition coefficient (Wildman–Crippen LogP) is 4.46. The van der Waals surface area contributed by atoms with Gasteiger partial charge in [0.05, 0.1) is 0 Å². The van der Waals surface area contributed by atoms with Crippen LogP contribution < -0.4 is 21.3 Å². The number of carbonyl (C=O) groups is 4. The summed E-state index contributed by atoms with van der Waals surface area (Å²) in [5.41, 5.74) is 0.0990. The van der Waals surface area contributed by atoms with E-state index < -0.39 is 35.5 Å². The van der Waals surface area contributed by atoms with Gasteiger partial charge < -0.3 is 41.0 Å². The number of amides is 4. The van der Waals surface area contributed by atoms with E-state index in [0.29, 0.717) is 25.9 Å². The average Bonchev–Trinajstić information content (AvgIpc) is 2.93. The molecule has 0 spiro atoms. The number of phenolic OH excluding ortho intramolecular Hbond substituents is 2. The van der Waals surface area contributed by atoms with Crippen LogP contribution in [0.2, 0.25) is 0 Å². The standard InChI is InChI=1S/C34H50N4O8/c1-33(2,3)45-31(43)37-27(21-23-11-15-25(39)16-12-23)29(41)35-19-9-7-8-10-20-36-30(42)28(38-32(44)46-34(4,5)6)22-24-13-17-26(40)18-14-24/h11-18,27-28,39-40H,7-10,19-22H2,1-6H3,(H,35,41)(H,36,42)(H,37,43)(H,38,44)/t27-,28-/m0/s1. The second-order valence-electron chi connectivity index (χ2n) is 13.1. The first-order chi connectivity index (χ1) is 21.5. The Morgan fingerprint density at radius 1 is 0.587 bits per heavy atom. The molecule has 2 aromatic rings. The monoisotopic (exact) mass is 642 g/mol. The zero-order valence-electron chi connectivity index (χ0n) is 27.8. The normalized spacial score (nSPS) is 12.7. The van der Waals surface area contributed by atoms with Gasteiger partial charge >= 0.3 is 12.2 Å². The van der Waals surface area contributed by atoms with E-state index >= 15 is 0 Å². The molecule has 12 nitrogen and oxygen atoms in total. The molecular formula is C34H50N4O8. The average molecular weight is 643 g/mol. The van der Waals surface area contributed by atoms with Crippen molar-refractivity contribution < 1.29 is 38.9 Å². The molecule has 0 bridgehead atoms. The smallest absolute Gasteiger partial charge is 0.408 e. The van der Waals surface area contributed by atoms with Crippen molar-refractivity contribution >= 4 is 24.0 Å². The highest BCUT2D eigenvalue weighted by Crippen LogP contribution is 2.14. The summed E-state index contributed by atoms with van der Waals surface area (Å²) in [6.07, 6.45) is 2.05. The van der Waals surface area contributed by atoms with Crippen molar-refractivity contribution in [2.45, 2.75) is 103 Å². The summed E-state index contributed by atoms with van der Waals surface area (Å²) in [6, 6.07) is 11.1. The minimum Gasteiger partial charge on any atom is -0.508 e. The Labute approximate surface area is 271 Å². The topological polar surface area (TPSA) is 175 Å². The van der Waals surface area contributed by atoms with Crippen LogP contribution in [-0.2, 0) is 31.9 Å². The lowest BCUT2D eigenvalue weighted by Gasteiger charge is -2.23. The van der Waals surface area contributed by atoms with Gasteiger partial charge in [-0.1, -0.05) is 37.1 Å². The third-order valence-corrected chi connectivity index (χ3v) is 6.47. The Hall–Kier alpha value is -4.48. The molecule has 4 amide bonds. The third-order valence-electron chi connectivity index (χ3n) is 6.47. The minimum atomic E-state index is -0.863. The van der Waals surface area contributed by atoms with E-state index in [2.05, 4.69) is 21.3 Å². The van der Waals surface area contributed by atoms with E-state index in [-0.39, 0.29) is 36.2 Å². The number of hydrogen-bond acceptors (Lipinski definition) is 8. The molecule has 0 saturated heterocycles. The molecule has 2 aromatic carbocycles. The Bertz CT molecular complexity index is 1170. The Kier molecular flexibility index (Phi) is 14.6. The van der Waals surface area contributed by atoms with Crippen LogP contribution in [0.4, 0.5) is 9.59 Å². The quantitative estimate of drug-likeness (QED) is 0.154. The number of carbonyl (C=O) groups excluding carboxylic acids is 4. The van der Waals surface area contributed by atoms with Crippen LogP contribution >= 0.6 is 0 Å². The van der Waals surface area contributed by atoms with E-state index in [9.17, 15) is 29.4 Å². The molecule has 0 heterocycles. The number of unbranched alkanes of at least 4 members (excludes halogenated alkanes) is 3. The molecular weight excluding hydrogens is 592 g/mol. The molecule has 0 fully saturated rings. The number of ether oxygens (including phenoxy) is 2. The number of hydrogen-bond donors (Lipinski definition) is 6. The largest absolute Gasteiger partial charge is 0.508 e. The lowest BCUT2D eigenvalue weighted by Crippen LogP contribution is -2.49. The zero-order chi connectivity index (χ0) is 34.3. The first-order valence-electron chi connectivity index (χ1n) is 15.6. The Morgan fingerprint density at radius 2 is 0.913 bits per heavy atom. The zero-order valence-corrected chi connectivity index (χ0v) is 27.8. The second kappa shape index (κ2) is 17.9. The van der Waals surface area contributed by atoms with Crippen LogP contribution in [-0.4, -0.2) is 70.6 Å². The second-order valence-corrected chi connectivity index (χ2v) is 13.1. The molecule has 2 atom stereocenters. The van der Waals surface area contributed by atoms with Gasteiger partial charge in [-0.05, 0) is 89.8 Å². The first-order valence-corrected chi connectivity index (χ1v) is 15.6. The van der Waals surface area contributed by atoms with E-state index in [0.717, 1.165) is 24.0 Å². The molecule has 0 saturated carbocycles. The number of phenols is 2. The van der Waals surface area contributed by atoms with Crippen molar-refractivity contribution in [3.63, 3.8) is 0 Å². The van der Waals surface area contributed by atoms with Gasteiger partial charge in [0.25, 0.3) is 0 Å². The maximum Gasteiger partial charge on any atom is 0.408 e. The van der Waals surface area contributed by atoms with Gasteiger partial charge in [0.1, 0.15) is 34.8 Å². The molecule has 254 valence electrons.